The van der Waals surface area contributed by atoms with E-state index in [1.807, 2.05) is 67.9 Å². The first-order chi connectivity index (χ1) is 13.8. The lowest BCUT2D eigenvalue weighted by molar-refractivity contribution is 0.102. The van der Waals surface area contributed by atoms with Gasteiger partial charge in [-0.05, 0) is 45.0 Å². The molecule has 2 heterocycles. The van der Waals surface area contributed by atoms with Crippen molar-refractivity contribution in [2.75, 3.05) is 11.1 Å². The van der Waals surface area contributed by atoms with Crippen LogP contribution in [0.5, 0.6) is 0 Å². The number of nitrogens with two attached hydrogens (primary N) is 1. The third-order valence-electron chi connectivity index (χ3n) is 4.56. The molecule has 2 aromatic carbocycles. The van der Waals surface area contributed by atoms with Crippen LogP contribution in [0, 0.1) is 0 Å². The highest BCUT2D eigenvalue weighted by Gasteiger charge is 2.24. The van der Waals surface area contributed by atoms with Crippen molar-refractivity contribution in [2.24, 2.45) is 0 Å². The summed E-state index contributed by atoms with van der Waals surface area (Å²) in [5.74, 6) is 0.168. The van der Waals surface area contributed by atoms with Crippen molar-refractivity contribution in [1.29, 1.82) is 0 Å². The predicted molar refractivity (Wildman–Crippen MR) is 115 cm³/mol. The monoisotopic (exact) mass is 386 g/mol. The van der Waals surface area contributed by atoms with Gasteiger partial charge in [-0.25, -0.2) is 14.6 Å². The molecule has 0 bridgehead atoms. The minimum Gasteiger partial charge on any atom is -0.383 e. The molecule has 0 aliphatic carbocycles. The third kappa shape index (κ3) is 3.54. The minimum atomic E-state index is -0.292. The van der Waals surface area contributed by atoms with Gasteiger partial charge in [-0.1, -0.05) is 30.3 Å². The van der Waals surface area contributed by atoms with Crippen LogP contribution in [-0.2, 0) is 5.54 Å². The fraction of sp³-hybridized carbons (Fsp3) is 0.182. The third-order valence-corrected chi connectivity index (χ3v) is 4.56. The van der Waals surface area contributed by atoms with Crippen LogP contribution in [0.1, 0.15) is 31.1 Å². The molecule has 0 saturated carbocycles. The van der Waals surface area contributed by atoms with Gasteiger partial charge in [-0.3, -0.25) is 4.79 Å². The van der Waals surface area contributed by atoms with Crippen molar-refractivity contribution in [3.05, 3.63) is 66.5 Å². The molecular weight excluding hydrogens is 364 g/mol. The molecule has 29 heavy (non-hydrogen) atoms. The number of aromatic nitrogens is 4. The molecule has 7 nitrogen and oxygen atoms in total. The number of nitrogens with one attached hydrogen (secondary N) is 1. The van der Waals surface area contributed by atoms with Crippen LogP contribution in [0.15, 0.2) is 60.9 Å². The number of fused-ring (bicyclic) bond motifs is 1. The molecule has 0 saturated heterocycles. The van der Waals surface area contributed by atoms with Gasteiger partial charge >= 0.3 is 0 Å². The van der Waals surface area contributed by atoms with E-state index in [2.05, 4.69) is 15.3 Å². The van der Waals surface area contributed by atoms with Gasteiger partial charge in [0.1, 0.15) is 17.8 Å². The fourth-order valence-corrected chi connectivity index (χ4v) is 3.18. The molecule has 4 rings (SSSR count). The Bertz CT molecular complexity index is 1190. The molecule has 0 unspecified atom stereocenters. The fourth-order valence-electron chi connectivity index (χ4n) is 3.18. The second-order valence-electron chi connectivity index (χ2n) is 7.79. The Morgan fingerprint density at radius 1 is 1.03 bits per heavy atom. The molecule has 1 amide bonds. The maximum absolute atomic E-state index is 12.7. The van der Waals surface area contributed by atoms with Crippen molar-refractivity contribution >= 4 is 28.4 Å². The highest BCUT2D eigenvalue weighted by atomic mass is 16.1. The maximum Gasteiger partial charge on any atom is 0.255 e. The molecule has 7 heteroatoms. The first kappa shape index (κ1) is 18.6. The first-order valence-corrected chi connectivity index (χ1v) is 9.31. The van der Waals surface area contributed by atoms with E-state index in [0.717, 1.165) is 11.3 Å². The Labute approximate surface area is 168 Å². The number of rotatable bonds is 3. The molecule has 0 radical (unpaired) electrons. The van der Waals surface area contributed by atoms with E-state index in [-0.39, 0.29) is 11.4 Å². The van der Waals surface area contributed by atoms with Gasteiger partial charge in [0.15, 0.2) is 5.65 Å². The minimum absolute atomic E-state index is 0.193. The van der Waals surface area contributed by atoms with Crippen LogP contribution in [0.4, 0.5) is 11.5 Å². The standard InChI is InChI=1S/C22H22N6O/c1-22(2,3)28-20-17(19(23)24-13-25-20)18(27-28)14-8-7-9-15(12-14)21(29)26-16-10-5-4-6-11-16/h4-13H,1-3H3,(H,26,29)(H2,23,24,25). The number of amides is 1. The molecule has 0 fully saturated rings. The van der Waals surface area contributed by atoms with Crippen molar-refractivity contribution in [3.8, 4) is 11.3 Å². The van der Waals surface area contributed by atoms with Crippen LogP contribution in [0.2, 0.25) is 0 Å². The number of hydrogen-bond acceptors (Lipinski definition) is 5. The summed E-state index contributed by atoms with van der Waals surface area (Å²) < 4.78 is 1.84. The summed E-state index contributed by atoms with van der Waals surface area (Å²) in [4.78, 5) is 21.2. The average molecular weight is 386 g/mol. The van der Waals surface area contributed by atoms with E-state index in [1.54, 1.807) is 12.1 Å². The van der Waals surface area contributed by atoms with Crippen molar-refractivity contribution in [2.45, 2.75) is 26.3 Å². The summed E-state index contributed by atoms with van der Waals surface area (Å²) in [6, 6.07) is 16.7. The molecule has 0 atom stereocenters. The first-order valence-electron chi connectivity index (χ1n) is 9.31. The normalized spacial score (nSPS) is 11.6. The van der Waals surface area contributed by atoms with E-state index >= 15 is 0 Å². The number of benzene rings is 2. The van der Waals surface area contributed by atoms with Gasteiger partial charge in [-0.2, -0.15) is 5.10 Å². The Morgan fingerprint density at radius 3 is 2.52 bits per heavy atom. The molecule has 4 aromatic rings. The van der Waals surface area contributed by atoms with Crippen molar-refractivity contribution in [1.82, 2.24) is 19.7 Å². The van der Waals surface area contributed by atoms with Crippen LogP contribution in [0.3, 0.4) is 0 Å². The van der Waals surface area contributed by atoms with E-state index in [0.29, 0.717) is 28.1 Å². The smallest absolute Gasteiger partial charge is 0.255 e. The SMILES string of the molecule is CC(C)(C)n1nc(-c2cccc(C(=O)Nc3ccccc3)c2)c2c(N)ncnc21. The molecule has 0 aliphatic rings. The number of nitrogens with zero attached hydrogens (tertiary/aromatic N) is 4. The van der Waals surface area contributed by atoms with E-state index in [1.165, 1.54) is 6.33 Å². The van der Waals surface area contributed by atoms with Gasteiger partial charge in [0, 0.05) is 16.8 Å². The number of hydrogen-bond donors (Lipinski definition) is 2. The lowest BCUT2D eigenvalue weighted by atomic mass is 10.1. The summed E-state index contributed by atoms with van der Waals surface area (Å²) in [6.07, 6.45) is 1.44. The summed E-state index contributed by atoms with van der Waals surface area (Å²) in [5.41, 5.74) is 9.24. The van der Waals surface area contributed by atoms with Crippen LogP contribution >= 0.6 is 0 Å². The Hall–Kier alpha value is -3.74. The predicted octanol–water partition coefficient (Wildman–Crippen LogP) is 4.08. The highest BCUT2D eigenvalue weighted by molar-refractivity contribution is 6.06. The topological polar surface area (TPSA) is 98.7 Å². The average Bonchev–Trinajstić information content (AvgIpc) is 3.10. The van der Waals surface area contributed by atoms with Crippen molar-refractivity contribution in [3.63, 3.8) is 0 Å². The summed E-state index contributed by atoms with van der Waals surface area (Å²) in [6.45, 7) is 6.14. The molecule has 146 valence electrons. The quantitative estimate of drug-likeness (QED) is 0.553. The second kappa shape index (κ2) is 7.01. The van der Waals surface area contributed by atoms with Gasteiger partial charge in [0.2, 0.25) is 0 Å². The molecule has 3 N–H and O–H groups in total. The Morgan fingerprint density at radius 2 is 1.79 bits per heavy atom. The van der Waals surface area contributed by atoms with Crippen LogP contribution in [0.25, 0.3) is 22.3 Å². The number of nitrogen functional groups attached to an aromatic ring is 1. The number of anilines is 2. The number of para-hydroxylation sites is 1. The Balaban J connectivity index is 1.79. The summed E-state index contributed by atoms with van der Waals surface area (Å²) in [5, 5.41) is 8.36. The largest absolute Gasteiger partial charge is 0.383 e. The highest BCUT2D eigenvalue weighted by Crippen LogP contribution is 2.33. The summed E-state index contributed by atoms with van der Waals surface area (Å²) >= 11 is 0. The number of carbonyl (C=O) groups is 1. The molecule has 2 aromatic heterocycles. The van der Waals surface area contributed by atoms with Crippen LogP contribution in [-0.4, -0.2) is 25.7 Å². The lowest BCUT2D eigenvalue weighted by Crippen LogP contribution is -2.23. The van der Waals surface area contributed by atoms with Gasteiger partial charge in [0.05, 0.1) is 10.9 Å². The summed E-state index contributed by atoms with van der Waals surface area (Å²) in [7, 11) is 0. The molecule has 0 aliphatic heterocycles. The van der Waals surface area contributed by atoms with Crippen LogP contribution < -0.4 is 11.1 Å². The Kier molecular flexibility index (Phi) is 4.50. The zero-order valence-corrected chi connectivity index (χ0v) is 16.5. The van der Waals surface area contributed by atoms with Gasteiger partial charge < -0.3 is 11.1 Å². The van der Waals surface area contributed by atoms with E-state index < -0.39 is 0 Å². The number of carbonyl (C=O) groups excluding carboxylic acids is 1. The van der Waals surface area contributed by atoms with Gasteiger partial charge in [-0.15, -0.1) is 0 Å². The second-order valence-corrected chi connectivity index (χ2v) is 7.79. The van der Waals surface area contributed by atoms with Gasteiger partial charge in [0.25, 0.3) is 5.91 Å². The van der Waals surface area contributed by atoms with E-state index in [9.17, 15) is 4.79 Å². The van der Waals surface area contributed by atoms with Crippen molar-refractivity contribution < 1.29 is 4.79 Å². The zero-order chi connectivity index (χ0) is 20.6. The lowest BCUT2D eigenvalue weighted by Gasteiger charge is -2.19. The maximum atomic E-state index is 12.7. The van der Waals surface area contributed by atoms with E-state index in [4.69, 9.17) is 10.8 Å². The molecule has 0 spiro atoms. The molecular formula is C22H22N6O. The zero-order valence-electron chi connectivity index (χ0n) is 16.5.